The Morgan fingerprint density at radius 2 is 1.85 bits per heavy atom. The molecule has 2 amide bonds. The lowest BCUT2D eigenvalue weighted by atomic mass is 9.75. The molecule has 212 valence electrons. The van der Waals surface area contributed by atoms with Crippen molar-refractivity contribution >= 4 is 28.7 Å². The van der Waals surface area contributed by atoms with Crippen LogP contribution in [0.4, 0.5) is 0 Å². The number of nitrogens with two attached hydrogens (primary N) is 1. The van der Waals surface area contributed by atoms with Crippen LogP contribution in [0.25, 0.3) is 10.9 Å². The molecule has 0 saturated carbocycles. The molecule has 8 nitrogen and oxygen atoms in total. The molecule has 1 fully saturated rings. The van der Waals surface area contributed by atoms with Crippen molar-refractivity contribution in [1.82, 2.24) is 15.2 Å². The molecule has 1 aromatic heterocycles. The van der Waals surface area contributed by atoms with Crippen LogP contribution in [0.1, 0.15) is 51.2 Å². The molecule has 0 radical (unpaired) electrons. The van der Waals surface area contributed by atoms with Crippen molar-refractivity contribution in [1.29, 1.82) is 0 Å². The number of benzene rings is 2. The first-order chi connectivity index (χ1) is 19.0. The number of hydrogen-bond donors (Lipinski definition) is 4. The molecule has 2 heterocycles. The highest BCUT2D eigenvalue weighted by Crippen LogP contribution is 2.35. The Morgan fingerprint density at radius 3 is 2.55 bits per heavy atom. The molecule has 2 atom stereocenters. The molecule has 1 saturated heterocycles. The van der Waals surface area contributed by atoms with Crippen molar-refractivity contribution in [2.24, 2.45) is 11.1 Å². The summed E-state index contributed by atoms with van der Waals surface area (Å²) in [4.78, 5) is 44.6. The summed E-state index contributed by atoms with van der Waals surface area (Å²) in [7, 11) is 0. The number of carbonyl (C=O) groups excluding carboxylic acids is 2. The predicted molar refractivity (Wildman–Crippen MR) is 157 cm³/mol. The molecule has 4 rings (SSSR count). The standard InChI is InChI=1S/C32H40N4O4/c1-22(18-31(2,3)33)16-28(37)35-27(17-24-20-34-26-13-8-7-12-25(24)26)29(38)36-15-9-14-32(21-36,30(39)40)19-23-10-5-4-6-11-23/h4-8,10-13,16,20,27,34H,9,14-15,17-19,21,33H2,1-3H3,(H,35,37)(H,39,40)/b22-16+/t27-,32+/m1/s1. The van der Waals surface area contributed by atoms with Gasteiger partial charge in [-0.05, 0) is 63.6 Å². The largest absolute Gasteiger partial charge is 0.481 e. The summed E-state index contributed by atoms with van der Waals surface area (Å²) in [6.07, 6.45) is 5.57. The minimum absolute atomic E-state index is 0.0898. The fraction of sp³-hybridized carbons (Fsp3) is 0.406. The summed E-state index contributed by atoms with van der Waals surface area (Å²) in [6, 6.07) is 16.5. The topological polar surface area (TPSA) is 129 Å². The lowest BCUT2D eigenvalue weighted by molar-refractivity contribution is -0.155. The average molecular weight is 545 g/mol. The molecule has 0 unspecified atom stereocenters. The second kappa shape index (κ2) is 12.1. The molecule has 8 heteroatoms. The maximum atomic E-state index is 14.0. The van der Waals surface area contributed by atoms with E-state index < -0.39 is 23.0 Å². The fourth-order valence-corrected chi connectivity index (χ4v) is 5.85. The van der Waals surface area contributed by atoms with E-state index in [1.165, 1.54) is 6.08 Å². The van der Waals surface area contributed by atoms with Crippen LogP contribution < -0.4 is 11.1 Å². The number of carbonyl (C=O) groups is 3. The molecule has 0 spiro atoms. The van der Waals surface area contributed by atoms with Gasteiger partial charge in [-0.25, -0.2) is 0 Å². The highest BCUT2D eigenvalue weighted by molar-refractivity contribution is 5.94. The third kappa shape index (κ3) is 7.18. The van der Waals surface area contributed by atoms with Crippen LogP contribution in [-0.4, -0.2) is 57.4 Å². The molecule has 0 aliphatic carbocycles. The Balaban J connectivity index is 1.60. The van der Waals surface area contributed by atoms with Crippen molar-refractivity contribution in [2.45, 2.75) is 64.5 Å². The second-order valence-corrected chi connectivity index (χ2v) is 11.9. The molecule has 2 aromatic carbocycles. The zero-order valence-corrected chi connectivity index (χ0v) is 23.6. The lowest BCUT2D eigenvalue weighted by Crippen LogP contribution is -2.56. The first kappa shape index (κ1) is 29.1. The van der Waals surface area contributed by atoms with Gasteiger partial charge in [0.05, 0.1) is 5.41 Å². The number of carboxylic acids is 1. The van der Waals surface area contributed by atoms with Crippen LogP contribution in [0.15, 0.2) is 72.4 Å². The minimum Gasteiger partial charge on any atom is -0.481 e. The number of H-pyrrole nitrogens is 1. The van der Waals surface area contributed by atoms with Gasteiger partial charge in [0.2, 0.25) is 11.8 Å². The average Bonchev–Trinajstić information content (AvgIpc) is 3.30. The molecular weight excluding hydrogens is 504 g/mol. The van der Waals surface area contributed by atoms with E-state index in [0.29, 0.717) is 32.2 Å². The maximum Gasteiger partial charge on any atom is 0.311 e. The van der Waals surface area contributed by atoms with Crippen molar-refractivity contribution < 1.29 is 19.5 Å². The molecule has 1 aliphatic rings. The predicted octanol–water partition coefficient (Wildman–Crippen LogP) is 4.21. The third-order valence-electron chi connectivity index (χ3n) is 7.55. The van der Waals surface area contributed by atoms with E-state index in [4.69, 9.17) is 5.73 Å². The van der Waals surface area contributed by atoms with Crippen molar-refractivity contribution in [3.8, 4) is 0 Å². The van der Waals surface area contributed by atoms with Crippen LogP contribution in [0.3, 0.4) is 0 Å². The number of nitrogens with one attached hydrogen (secondary N) is 2. The van der Waals surface area contributed by atoms with Crippen molar-refractivity contribution in [3.05, 3.63) is 83.6 Å². The fourth-order valence-electron chi connectivity index (χ4n) is 5.85. The summed E-state index contributed by atoms with van der Waals surface area (Å²) in [5, 5.41) is 14.2. The molecule has 0 bridgehead atoms. The van der Waals surface area contributed by atoms with Gasteiger partial charge in [0.15, 0.2) is 0 Å². The first-order valence-electron chi connectivity index (χ1n) is 13.8. The summed E-state index contributed by atoms with van der Waals surface area (Å²) < 4.78 is 0. The maximum absolute atomic E-state index is 14.0. The van der Waals surface area contributed by atoms with Gasteiger partial charge in [-0.2, -0.15) is 0 Å². The Labute approximate surface area is 235 Å². The minimum atomic E-state index is -1.09. The number of hydrogen-bond acceptors (Lipinski definition) is 4. The Kier molecular flexibility index (Phi) is 8.79. The monoisotopic (exact) mass is 544 g/mol. The number of aromatic amines is 1. The number of amides is 2. The third-order valence-corrected chi connectivity index (χ3v) is 7.55. The number of piperidine rings is 1. The van der Waals surface area contributed by atoms with Gasteiger partial charge in [-0.15, -0.1) is 0 Å². The molecule has 3 aromatic rings. The van der Waals surface area contributed by atoms with E-state index >= 15 is 0 Å². The zero-order chi connectivity index (χ0) is 28.9. The van der Waals surface area contributed by atoms with Crippen LogP contribution in [0.5, 0.6) is 0 Å². The smallest absolute Gasteiger partial charge is 0.311 e. The molecule has 40 heavy (non-hydrogen) atoms. The van der Waals surface area contributed by atoms with Gasteiger partial charge < -0.3 is 26.0 Å². The number of para-hydroxylation sites is 1. The van der Waals surface area contributed by atoms with E-state index in [9.17, 15) is 19.5 Å². The van der Waals surface area contributed by atoms with Gasteiger partial charge in [0, 0.05) is 48.2 Å². The highest BCUT2D eigenvalue weighted by atomic mass is 16.4. The number of nitrogens with zero attached hydrogens (tertiary/aromatic N) is 1. The van der Waals surface area contributed by atoms with Crippen LogP contribution in [0, 0.1) is 5.41 Å². The first-order valence-corrected chi connectivity index (χ1v) is 13.8. The van der Waals surface area contributed by atoms with Gasteiger partial charge in [0.25, 0.3) is 0 Å². The number of carboxylic acid groups (broad SMARTS) is 1. The summed E-state index contributed by atoms with van der Waals surface area (Å²) in [6.45, 7) is 6.17. The summed E-state index contributed by atoms with van der Waals surface area (Å²) in [5.74, 6) is -1.55. The lowest BCUT2D eigenvalue weighted by Gasteiger charge is -2.41. The Hall–Kier alpha value is -3.91. The van der Waals surface area contributed by atoms with E-state index in [1.807, 2.05) is 81.6 Å². The number of fused-ring (bicyclic) bond motifs is 1. The molecule has 5 N–H and O–H groups in total. The van der Waals surface area contributed by atoms with E-state index in [-0.39, 0.29) is 24.8 Å². The van der Waals surface area contributed by atoms with E-state index in [1.54, 1.807) is 4.90 Å². The number of aromatic nitrogens is 1. The summed E-state index contributed by atoms with van der Waals surface area (Å²) in [5.41, 5.74) is 8.16. The van der Waals surface area contributed by atoms with Crippen LogP contribution in [0.2, 0.25) is 0 Å². The highest BCUT2D eigenvalue weighted by Gasteiger charge is 2.44. The quantitative estimate of drug-likeness (QED) is 0.284. The van der Waals surface area contributed by atoms with E-state index in [2.05, 4.69) is 10.3 Å². The molecule has 1 aliphatic heterocycles. The Bertz CT molecular complexity index is 1390. The van der Waals surface area contributed by atoms with E-state index in [0.717, 1.165) is 27.6 Å². The van der Waals surface area contributed by atoms with Crippen molar-refractivity contribution in [3.63, 3.8) is 0 Å². The van der Waals surface area contributed by atoms with Crippen molar-refractivity contribution in [2.75, 3.05) is 13.1 Å². The number of rotatable bonds is 10. The normalized spacial score (nSPS) is 18.9. The van der Waals surface area contributed by atoms with Gasteiger partial charge in [-0.1, -0.05) is 54.1 Å². The summed E-state index contributed by atoms with van der Waals surface area (Å²) >= 11 is 0. The number of aliphatic carboxylic acids is 1. The number of likely N-dealkylation sites (tertiary alicyclic amines) is 1. The van der Waals surface area contributed by atoms with Crippen LogP contribution in [-0.2, 0) is 27.2 Å². The van der Waals surface area contributed by atoms with Crippen LogP contribution >= 0.6 is 0 Å². The van der Waals surface area contributed by atoms with Gasteiger partial charge >= 0.3 is 5.97 Å². The van der Waals surface area contributed by atoms with Gasteiger partial charge in [-0.3, -0.25) is 14.4 Å². The zero-order valence-electron chi connectivity index (χ0n) is 23.6. The Morgan fingerprint density at radius 1 is 1.15 bits per heavy atom. The van der Waals surface area contributed by atoms with Gasteiger partial charge in [0.1, 0.15) is 6.04 Å². The second-order valence-electron chi connectivity index (χ2n) is 11.9. The SMILES string of the molecule is C/C(=C\C(=O)N[C@H](Cc1c[nH]c2ccccc12)C(=O)N1CCC[C@@](Cc2ccccc2)(C(=O)O)C1)CC(C)(C)N. The molecular formula is C32H40N4O4.